The van der Waals surface area contributed by atoms with Crippen LogP contribution in [-0.2, 0) is 13.1 Å². The number of hydrogen-bond donors (Lipinski definition) is 1. The minimum absolute atomic E-state index is 0.948. The highest BCUT2D eigenvalue weighted by atomic mass is 14.9. The van der Waals surface area contributed by atoms with Crippen LogP contribution in [0, 0.1) is 0 Å². The lowest BCUT2D eigenvalue weighted by Gasteiger charge is -2.06. The summed E-state index contributed by atoms with van der Waals surface area (Å²) in [6.07, 6.45) is 3.22. The number of aryl methyl sites for hydroxylation is 1. The molecule has 0 saturated carbocycles. The SMILES string of the molecule is C=C(C)CCn1ccc2cc(CNCC)ccc21. The topological polar surface area (TPSA) is 17.0 Å². The van der Waals surface area contributed by atoms with E-state index in [1.807, 2.05) is 0 Å². The van der Waals surface area contributed by atoms with Crippen molar-refractivity contribution in [2.45, 2.75) is 33.4 Å². The van der Waals surface area contributed by atoms with E-state index in [-0.39, 0.29) is 0 Å². The average Bonchev–Trinajstić information content (AvgIpc) is 2.76. The van der Waals surface area contributed by atoms with Gasteiger partial charge in [-0.2, -0.15) is 0 Å². The Kier molecular flexibility index (Phi) is 4.21. The number of allylic oxidation sites excluding steroid dienone is 1. The maximum absolute atomic E-state index is 3.96. The highest BCUT2D eigenvalue weighted by Crippen LogP contribution is 2.18. The van der Waals surface area contributed by atoms with Crippen LogP contribution in [0.1, 0.15) is 25.8 Å². The van der Waals surface area contributed by atoms with Gasteiger partial charge >= 0.3 is 0 Å². The summed E-state index contributed by atoms with van der Waals surface area (Å²) in [5.74, 6) is 0. The first-order valence-electron chi connectivity index (χ1n) is 6.63. The van der Waals surface area contributed by atoms with Gasteiger partial charge in [0.15, 0.2) is 0 Å². The zero-order chi connectivity index (χ0) is 13.0. The molecule has 0 spiro atoms. The van der Waals surface area contributed by atoms with Gasteiger partial charge in [-0.05, 0) is 49.0 Å². The van der Waals surface area contributed by atoms with Crippen molar-refractivity contribution in [2.75, 3.05) is 6.54 Å². The third-order valence-electron chi connectivity index (χ3n) is 3.19. The number of nitrogens with zero attached hydrogens (tertiary/aromatic N) is 1. The Balaban J connectivity index is 2.18. The minimum atomic E-state index is 0.948. The van der Waals surface area contributed by atoms with E-state index >= 15 is 0 Å². The summed E-state index contributed by atoms with van der Waals surface area (Å²) < 4.78 is 2.31. The van der Waals surface area contributed by atoms with Gasteiger partial charge in [0.2, 0.25) is 0 Å². The van der Waals surface area contributed by atoms with Crippen LogP contribution in [0.4, 0.5) is 0 Å². The second kappa shape index (κ2) is 5.87. The Hall–Kier alpha value is -1.54. The molecule has 0 atom stereocenters. The van der Waals surface area contributed by atoms with Crippen molar-refractivity contribution in [3.63, 3.8) is 0 Å². The van der Waals surface area contributed by atoms with E-state index in [4.69, 9.17) is 0 Å². The lowest BCUT2D eigenvalue weighted by Crippen LogP contribution is -2.11. The molecular weight excluding hydrogens is 220 g/mol. The van der Waals surface area contributed by atoms with Gasteiger partial charge in [-0.3, -0.25) is 0 Å². The van der Waals surface area contributed by atoms with Crippen LogP contribution >= 0.6 is 0 Å². The molecule has 0 radical (unpaired) electrons. The maximum Gasteiger partial charge on any atom is 0.0480 e. The lowest BCUT2D eigenvalue weighted by atomic mass is 10.1. The molecule has 2 heteroatoms. The number of fused-ring (bicyclic) bond motifs is 1. The van der Waals surface area contributed by atoms with E-state index in [0.29, 0.717) is 0 Å². The monoisotopic (exact) mass is 242 g/mol. The van der Waals surface area contributed by atoms with E-state index in [9.17, 15) is 0 Å². The second-order valence-corrected chi connectivity index (χ2v) is 4.89. The van der Waals surface area contributed by atoms with Gasteiger partial charge in [0.1, 0.15) is 0 Å². The van der Waals surface area contributed by atoms with Crippen molar-refractivity contribution in [3.05, 3.63) is 48.2 Å². The quantitative estimate of drug-likeness (QED) is 0.764. The van der Waals surface area contributed by atoms with Crippen LogP contribution in [0.2, 0.25) is 0 Å². The van der Waals surface area contributed by atoms with Crippen molar-refractivity contribution in [3.8, 4) is 0 Å². The zero-order valence-corrected chi connectivity index (χ0v) is 11.4. The molecule has 2 rings (SSSR count). The molecule has 1 heterocycles. The van der Waals surface area contributed by atoms with Crippen LogP contribution in [0.15, 0.2) is 42.6 Å². The Morgan fingerprint density at radius 1 is 1.33 bits per heavy atom. The summed E-state index contributed by atoms with van der Waals surface area (Å²) in [6.45, 7) is 11.2. The number of benzene rings is 1. The smallest absolute Gasteiger partial charge is 0.0480 e. The molecule has 18 heavy (non-hydrogen) atoms. The zero-order valence-electron chi connectivity index (χ0n) is 11.4. The number of aromatic nitrogens is 1. The molecule has 0 aliphatic carbocycles. The molecule has 0 bridgehead atoms. The van der Waals surface area contributed by atoms with Crippen LogP contribution in [0.5, 0.6) is 0 Å². The predicted molar refractivity (Wildman–Crippen MR) is 78.7 cm³/mol. The minimum Gasteiger partial charge on any atom is -0.347 e. The molecule has 0 saturated heterocycles. The normalized spacial score (nSPS) is 11.0. The fraction of sp³-hybridized carbons (Fsp3) is 0.375. The van der Waals surface area contributed by atoms with Crippen molar-refractivity contribution in [1.29, 1.82) is 0 Å². The maximum atomic E-state index is 3.96. The summed E-state index contributed by atoms with van der Waals surface area (Å²) in [5.41, 5.74) is 3.90. The Labute approximate surface area is 109 Å². The van der Waals surface area contributed by atoms with E-state index in [2.05, 4.69) is 60.8 Å². The Morgan fingerprint density at radius 3 is 2.89 bits per heavy atom. The molecule has 1 N–H and O–H groups in total. The van der Waals surface area contributed by atoms with Crippen molar-refractivity contribution >= 4 is 10.9 Å². The summed E-state index contributed by atoms with van der Waals surface area (Å²) in [6, 6.07) is 8.90. The van der Waals surface area contributed by atoms with E-state index in [0.717, 1.165) is 26.1 Å². The largest absolute Gasteiger partial charge is 0.347 e. The van der Waals surface area contributed by atoms with Crippen LogP contribution in [0.3, 0.4) is 0 Å². The standard InChI is InChI=1S/C16H22N2/c1-4-17-12-14-5-6-16-15(11-14)8-10-18(16)9-7-13(2)3/h5-6,8,10-11,17H,2,4,7,9,12H2,1,3H3. The second-order valence-electron chi connectivity index (χ2n) is 4.89. The predicted octanol–water partition coefficient (Wildman–Crippen LogP) is 3.72. The van der Waals surface area contributed by atoms with E-state index in [1.54, 1.807) is 0 Å². The number of rotatable bonds is 6. The molecule has 0 aliphatic heterocycles. The van der Waals surface area contributed by atoms with Crippen LogP contribution in [0.25, 0.3) is 10.9 Å². The molecule has 1 aromatic heterocycles. The summed E-state index contributed by atoms with van der Waals surface area (Å²) in [5, 5.41) is 4.68. The number of nitrogens with one attached hydrogen (secondary N) is 1. The van der Waals surface area contributed by atoms with Gasteiger partial charge in [0.05, 0.1) is 0 Å². The summed E-state index contributed by atoms with van der Waals surface area (Å²) in [7, 11) is 0. The van der Waals surface area contributed by atoms with Gasteiger partial charge in [0, 0.05) is 24.8 Å². The summed E-state index contributed by atoms with van der Waals surface area (Å²) in [4.78, 5) is 0. The third kappa shape index (κ3) is 3.02. The van der Waals surface area contributed by atoms with Crippen molar-refractivity contribution in [1.82, 2.24) is 9.88 Å². The van der Waals surface area contributed by atoms with Gasteiger partial charge in [0.25, 0.3) is 0 Å². The first-order chi connectivity index (χ1) is 8.70. The lowest BCUT2D eigenvalue weighted by molar-refractivity contribution is 0.717. The van der Waals surface area contributed by atoms with Crippen LogP contribution < -0.4 is 5.32 Å². The summed E-state index contributed by atoms with van der Waals surface area (Å²) >= 11 is 0. The number of hydrogen-bond acceptors (Lipinski definition) is 1. The third-order valence-corrected chi connectivity index (χ3v) is 3.19. The van der Waals surface area contributed by atoms with Crippen molar-refractivity contribution < 1.29 is 0 Å². The van der Waals surface area contributed by atoms with Gasteiger partial charge < -0.3 is 9.88 Å². The van der Waals surface area contributed by atoms with E-state index < -0.39 is 0 Å². The fourth-order valence-corrected chi connectivity index (χ4v) is 2.14. The average molecular weight is 242 g/mol. The molecule has 96 valence electrons. The molecule has 0 fully saturated rings. The molecule has 0 amide bonds. The molecule has 1 aromatic carbocycles. The molecule has 0 unspecified atom stereocenters. The van der Waals surface area contributed by atoms with Crippen molar-refractivity contribution in [2.24, 2.45) is 0 Å². The Bertz CT molecular complexity index is 537. The van der Waals surface area contributed by atoms with Gasteiger partial charge in [-0.1, -0.05) is 18.6 Å². The fourth-order valence-electron chi connectivity index (χ4n) is 2.14. The molecule has 2 nitrogen and oxygen atoms in total. The first kappa shape index (κ1) is 12.9. The molecule has 0 aliphatic rings. The highest BCUT2D eigenvalue weighted by molar-refractivity contribution is 5.80. The highest BCUT2D eigenvalue weighted by Gasteiger charge is 2.02. The van der Waals surface area contributed by atoms with Crippen LogP contribution in [-0.4, -0.2) is 11.1 Å². The molecular formula is C16H22N2. The van der Waals surface area contributed by atoms with Gasteiger partial charge in [-0.25, -0.2) is 0 Å². The first-order valence-corrected chi connectivity index (χ1v) is 6.63. The van der Waals surface area contributed by atoms with E-state index in [1.165, 1.54) is 22.0 Å². The Morgan fingerprint density at radius 2 is 2.17 bits per heavy atom. The molecule has 2 aromatic rings. The van der Waals surface area contributed by atoms with Gasteiger partial charge in [-0.15, -0.1) is 6.58 Å².